The van der Waals surface area contributed by atoms with E-state index < -0.39 is 5.41 Å². The van der Waals surface area contributed by atoms with Crippen LogP contribution in [0.5, 0.6) is 5.75 Å². The number of nitrogens with two attached hydrogens (primary N) is 1. The monoisotopic (exact) mass is 249 g/mol. The van der Waals surface area contributed by atoms with E-state index in [-0.39, 0.29) is 5.78 Å². The van der Waals surface area contributed by atoms with Crippen molar-refractivity contribution < 1.29 is 9.53 Å². The number of rotatable bonds is 5. The minimum absolute atomic E-state index is 0.141. The van der Waals surface area contributed by atoms with E-state index in [0.29, 0.717) is 13.0 Å². The summed E-state index contributed by atoms with van der Waals surface area (Å²) in [4.78, 5) is 12.5. The first-order valence-electron chi connectivity index (χ1n) is 6.23. The predicted octanol–water partition coefficient (Wildman–Crippen LogP) is 2.87. The molecule has 0 radical (unpaired) electrons. The third-order valence-corrected chi connectivity index (χ3v) is 3.31. The van der Waals surface area contributed by atoms with E-state index >= 15 is 0 Å². The number of ketones is 1. The number of carbonyl (C=O) groups is 1. The zero-order valence-corrected chi connectivity index (χ0v) is 12.0. The summed E-state index contributed by atoms with van der Waals surface area (Å²) in [6, 6.07) is 3.79. The Morgan fingerprint density at radius 2 is 1.78 bits per heavy atom. The van der Waals surface area contributed by atoms with Gasteiger partial charge in [-0.1, -0.05) is 13.8 Å². The van der Waals surface area contributed by atoms with Crippen molar-refractivity contribution in [2.45, 2.75) is 34.1 Å². The van der Waals surface area contributed by atoms with Crippen LogP contribution in [-0.4, -0.2) is 19.4 Å². The number of Topliss-reactive ketones (excluding diaryl/α,β-unsaturated/α-hetero) is 1. The molecule has 0 heterocycles. The van der Waals surface area contributed by atoms with Gasteiger partial charge in [0.15, 0.2) is 5.78 Å². The maximum Gasteiger partial charge on any atom is 0.168 e. The molecular formula is C15H23NO2. The molecule has 0 saturated heterocycles. The fourth-order valence-corrected chi connectivity index (χ4v) is 2.27. The fourth-order valence-electron chi connectivity index (χ4n) is 2.27. The SMILES string of the molecule is COc1c(C)cc(C(=O)C(C)(C)CCN)cc1C. The van der Waals surface area contributed by atoms with E-state index in [4.69, 9.17) is 10.5 Å². The molecule has 0 bridgehead atoms. The normalized spacial score (nSPS) is 11.4. The van der Waals surface area contributed by atoms with Gasteiger partial charge in [-0.05, 0) is 50.1 Å². The van der Waals surface area contributed by atoms with Crippen LogP contribution >= 0.6 is 0 Å². The Morgan fingerprint density at radius 3 is 2.17 bits per heavy atom. The van der Waals surface area contributed by atoms with Crippen molar-refractivity contribution in [2.24, 2.45) is 11.1 Å². The number of ether oxygens (including phenoxy) is 1. The average molecular weight is 249 g/mol. The highest BCUT2D eigenvalue weighted by molar-refractivity contribution is 6.00. The van der Waals surface area contributed by atoms with Crippen LogP contribution in [0.2, 0.25) is 0 Å². The van der Waals surface area contributed by atoms with Gasteiger partial charge in [0, 0.05) is 11.0 Å². The predicted molar refractivity (Wildman–Crippen MR) is 74.3 cm³/mol. The minimum atomic E-state index is -0.414. The summed E-state index contributed by atoms with van der Waals surface area (Å²) in [5.74, 6) is 0.991. The van der Waals surface area contributed by atoms with Gasteiger partial charge in [-0.15, -0.1) is 0 Å². The maximum atomic E-state index is 12.5. The fraction of sp³-hybridized carbons (Fsp3) is 0.533. The van der Waals surface area contributed by atoms with Crippen LogP contribution in [0.1, 0.15) is 41.8 Å². The molecule has 0 aromatic heterocycles. The molecule has 0 aliphatic carbocycles. The minimum Gasteiger partial charge on any atom is -0.496 e. The molecule has 100 valence electrons. The smallest absolute Gasteiger partial charge is 0.168 e. The molecule has 18 heavy (non-hydrogen) atoms. The van der Waals surface area contributed by atoms with E-state index in [1.807, 2.05) is 39.8 Å². The van der Waals surface area contributed by atoms with E-state index in [1.165, 1.54) is 0 Å². The molecular weight excluding hydrogens is 226 g/mol. The molecule has 0 aliphatic heterocycles. The number of hydrogen-bond donors (Lipinski definition) is 1. The van der Waals surface area contributed by atoms with Crippen molar-refractivity contribution in [1.29, 1.82) is 0 Å². The molecule has 3 nitrogen and oxygen atoms in total. The number of aryl methyl sites for hydroxylation is 2. The summed E-state index contributed by atoms with van der Waals surface area (Å²) in [7, 11) is 1.65. The van der Waals surface area contributed by atoms with Gasteiger partial charge in [0.1, 0.15) is 5.75 Å². The molecule has 0 unspecified atom stereocenters. The van der Waals surface area contributed by atoms with Crippen LogP contribution in [-0.2, 0) is 0 Å². The molecule has 0 aliphatic rings. The van der Waals surface area contributed by atoms with E-state index in [1.54, 1.807) is 7.11 Å². The Kier molecular flexibility index (Phi) is 4.52. The van der Waals surface area contributed by atoms with Gasteiger partial charge in [-0.2, -0.15) is 0 Å². The van der Waals surface area contributed by atoms with Crippen molar-refractivity contribution in [1.82, 2.24) is 0 Å². The molecule has 3 heteroatoms. The maximum absolute atomic E-state index is 12.5. The lowest BCUT2D eigenvalue weighted by Crippen LogP contribution is -2.27. The molecule has 0 fully saturated rings. The first-order valence-corrected chi connectivity index (χ1v) is 6.23. The zero-order chi connectivity index (χ0) is 13.9. The van der Waals surface area contributed by atoms with Crippen molar-refractivity contribution in [3.8, 4) is 5.75 Å². The molecule has 2 N–H and O–H groups in total. The Bertz CT molecular complexity index is 427. The van der Waals surface area contributed by atoms with Crippen LogP contribution in [0.25, 0.3) is 0 Å². The molecule has 1 aromatic carbocycles. The highest BCUT2D eigenvalue weighted by atomic mass is 16.5. The first kappa shape index (κ1) is 14.7. The summed E-state index contributed by atoms with van der Waals surface area (Å²) >= 11 is 0. The molecule has 0 saturated carbocycles. The van der Waals surface area contributed by atoms with Gasteiger partial charge in [0.2, 0.25) is 0 Å². The Hall–Kier alpha value is -1.35. The number of benzene rings is 1. The third kappa shape index (κ3) is 2.91. The van der Waals surface area contributed by atoms with E-state index in [2.05, 4.69) is 0 Å². The number of methoxy groups -OCH3 is 1. The second kappa shape index (κ2) is 5.53. The second-order valence-corrected chi connectivity index (χ2v) is 5.39. The molecule has 0 amide bonds. The lowest BCUT2D eigenvalue weighted by Gasteiger charge is -2.23. The zero-order valence-electron chi connectivity index (χ0n) is 12.0. The van der Waals surface area contributed by atoms with Crippen LogP contribution in [0, 0.1) is 19.3 Å². The number of hydrogen-bond acceptors (Lipinski definition) is 3. The largest absolute Gasteiger partial charge is 0.496 e. The summed E-state index contributed by atoms with van der Waals surface area (Å²) < 4.78 is 5.31. The van der Waals surface area contributed by atoms with Crippen LogP contribution in [0.15, 0.2) is 12.1 Å². The lowest BCUT2D eigenvalue weighted by molar-refractivity contribution is 0.0829. The Morgan fingerprint density at radius 1 is 1.28 bits per heavy atom. The average Bonchev–Trinajstić information content (AvgIpc) is 2.27. The first-order chi connectivity index (χ1) is 8.33. The van der Waals surface area contributed by atoms with Crippen molar-refractivity contribution in [3.05, 3.63) is 28.8 Å². The van der Waals surface area contributed by atoms with Gasteiger partial charge >= 0.3 is 0 Å². The van der Waals surface area contributed by atoms with Crippen molar-refractivity contribution >= 4 is 5.78 Å². The van der Waals surface area contributed by atoms with Gasteiger partial charge < -0.3 is 10.5 Å². The standard InChI is InChI=1S/C15H23NO2/c1-10-8-12(9-11(2)13(10)18-5)14(17)15(3,4)6-7-16/h8-9H,6-7,16H2,1-5H3. The van der Waals surface area contributed by atoms with Crippen LogP contribution in [0.4, 0.5) is 0 Å². The van der Waals surface area contributed by atoms with E-state index in [0.717, 1.165) is 22.4 Å². The summed E-state index contributed by atoms with van der Waals surface area (Å²) in [6.45, 7) is 8.32. The van der Waals surface area contributed by atoms with Crippen molar-refractivity contribution in [3.63, 3.8) is 0 Å². The van der Waals surface area contributed by atoms with Crippen molar-refractivity contribution in [2.75, 3.05) is 13.7 Å². The quantitative estimate of drug-likeness (QED) is 0.816. The van der Waals surface area contributed by atoms with Gasteiger partial charge in [0.05, 0.1) is 7.11 Å². The Balaban J connectivity index is 3.15. The lowest BCUT2D eigenvalue weighted by atomic mass is 9.80. The Labute approximate surface area is 109 Å². The van der Waals surface area contributed by atoms with Crippen LogP contribution < -0.4 is 10.5 Å². The number of carbonyl (C=O) groups excluding carboxylic acids is 1. The molecule has 0 atom stereocenters. The summed E-state index contributed by atoms with van der Waals surface area (Å²) in [5, 5.41) is 0. The second-order valence-electron chi connectivity index (χ2n) is 5.39. The molecule has 0 spiro atoms. The highest BCUT2D eigenvalue weighted by Crippen LogP contribution is 2.30. The van der Waals surface area contributed by atoms with Gasteiger partial charge in [-0.25, -0.2) is 0 Å². The van der Waals surface area contributed by atoms with E-state index in [9.17, 15) is 4.79 Å². The third-order valence-electron chi connectivity index (χ3n) is 3.31. The van der Waals surface area contributed by atoms with Gasteiger partial charge in [-0.3, -0.25) is 4.79 Å². The summed E-state index contributed by atoms with van der Waals surface area (Å²) in [6.07, 6.45) is 0.690. The van der Waals surface area contributed by atoms with Gasteiger partial charge in [0.25, 0.3) is 0 Å². The molecule has 1 aromatic rings. The molecule has 1 rings (SSSR count). The topological polar surface area (TPSA) is 52.3 Å². The summed E-state index contributed by atoms with van der Waals surface area (Å²) in [5.41, 5.74) is 7.87. The highest BCUT2D eigenvalue weighted by Gasteiger charge is 2.28. The van der Waals surface area contributed by atoms with Crippen LogP contribution in [0.3, 0.4) is 0 Å².